The summed E-state index contributed by atoms with van der Waals surface area (Å²) in [5.41, 5.74) is 1.80. The molecular weight excluding hydrogens is 348 g/mol. The molecule has 2 aromatic rings. The topological polar surface area (TPSA) is 93.1 Å². The van der Waals surface area contributed by atoms with E-state index in [0.717, 1.165) is 12.0 Å². The van der Waals surface area contributed by atoms with E-state index in [9.17, 15) is 19.8 Å². The minimum absolute atomic E-state index is 0.00837. The first-order chi connectivity index (χ1) is 12.9. The maximum absolute atomic E-state index is 11.7. The van der Waals surface area contributed by atoms with Crippen molar-refractivity contribution in [1.82, 2.24) is 0 Å². The number of ketones is 1. The maximum Gasteiger partial charge on any atom is 0.341 e. The minimum Gasteiger partial charge on any atom is -0.507 e. The van der Waals surface area contributed by atoms with Gasteiger partial charge in [-0.05, 0) is 44.0 Å². The second-order valence-corrected chi connectivity index (χ2v) is 6.09. The lowest BCUT2D eigenvalue weighted by Gasteiger charge is -2.15. The molecule has 6 heteroatoms. The van der Waals surface area contributed by atoms with E-state index >= 15 is 0 Å². The third kappa shape index (κ3) is 4.78. The Morgan fingerprint density at radius 2 is 1.74 bits per heavy atom. The van der Waals surface area contributed by atoms with Gasteiger partial charge in [0.05, 0.1) is 12.2 Å². The van der Waals surface area contributed by atoms with Crippen LogP contribution in [0.2, 0.25) is 0 Å². The zero-order chi connectivity index (χ0) is 20.0. The number of ether oxygens (including phenoxy) is 2. The predicted molar refractivity (Wildman–Crippen MR) is 101 cm³/mol. The van der Waals surface area contributed by atoms with E-state index in [1.807, 2.05) is 6.92 Å². The molecule has 2 N–H and O–H groups in total. The Morgan fingerprint density at radius 3 is 2.33 bits per heavy atom. The predicted octanol–water partition coefficient (Wildman–Crippen LogP) is 4.01. The van der Waals surface area contributed by atoms with Gasteiger partial charge in [-0.25, -0.2) is 4.79 Å². The highest BCUT2D eigenvalue weighted by Gasteiger charge is 2.16. The third-order valence-electron chi connectivity index (χ3n) is 4.12. The number of esters is 1. The number of aromatic hydroxyl groups is 2. The maximum atomic E-state index is 11.7. The van der Waals surface area contributed by atoms with Crippen LogP contribution in [-0.4, -0.2) is 28.6 Å². The number of benzene rings is 2. The van der Waals surface area contributed by atoms with E-state index in [1.165, 1.54) is 19.1 Å². The number of rotatable bonds is 8. The second kappa shape index (κ2) is 9.07. The lowest BCUT2D eigenvalue weighted by Crippen LogP contribution is -2.06. The van der Waals surface area contributed by atoms with E-state index in [2.05, 4.69) is 0 Å². The van der Waals surface area contributed by atoms with Gasteiger partial charge in [0.1, 0.15) is 29.4 Å². The highest BCUT2D eigenvalue weighted by molar-refractivity contribution is 5.97. The van der Waals surface area contributed by atoms with Gasteiger partial charge in [-0.2, -0.15) is 0 Å². The smallest absolute Gasteiger partial charge is 0.341 e. The van der Waals surface area contributed by atoms with Crippen LogP contribution in [0.3, 0.4) is 0 Å². The molecule has 6 nitrogen and oxygen atoms in total. The Kier molecular flexibility index (Phi) is 6.82. The summed E-state index contributed by atoms with van der Waals surface area (Å²) in [6.45, 7) is 5.45. The Morgan fingerprint density at radius 1 is 1.04 bits per heavy atom. The van der Waals surface area contributed by atoms with Crippen molar-refractivity contribution >= 4 is 11.8 Å². The van der Waals surface area contributed by atoms with Crippen LogP contribution >= 0.6 is 0 Å². The number of Topliss-reactive ketones (excluding diaryl/α,β-unsaturated/α-hetero) is 1. The molecule has 0 unspecified atom stereocenters. The van der Waals surface area contributed by atoms with E-state index < -0.39 is 5.97 Å². The van der Waals surface area contributed by atoms with Crippen LogP contribution in [0.5, 0.6) is 17.2 Å². The molecule has 2 aromatic carbocycles. The zero-order valence-corrected chi connectivity index (χ0v) is 15.7. The Labute approximate surface area is 158 Å². The Hall–Kier alpha value is -3.02. The van der Waals surface area contributed by atoms with Gasteiger partial charge in [0.25, 0.3) is 0 Å². The molecule has 0 aliphatic rings. The van der Waals surface area contributed by atoms with Crippen molar-refractivity contribution in [1.29, 1.82) is 0 Å². The molecule has 0 spiro atoms. The first kappa shape index (κ1) is 20.3. The van der Waals surface area contributed by atoms with Gasteiger partial charge < -0.3 is 19.7 Å². The Balaban J connectivity index is 2.21. The van der Waals surface area contributed by atoms with Crippen molar-refractivity contribution in [3.8, 4) is 17.2 Å². The van der Waals surface area contributed by atoms with Crippen LogP contribution in [0.1, 0.15) is 59.0 Å². The van der Waals surface area contributed by atoms with Gasteiger partial charge in [0.15, 0.2) is 5.78 Å². The molecular formula is C21H24O6. The molecule has 0 aliphatic heterocycles. The number of carbonyl (C=O) groups is 2. The van der Waals surface area contributed by atoms with Crippen LogP contribution in [-0.2, 0) is 17.8 Å². The van der Waals surface area contributed by atoms with E-state index in [0.29, 0.717) is 23.3 Å². The fourth-order valence-electron chi connectivity index (χ4n) is 2.77. The van der Waals surface area contributed by atoms with Crippen molar-refractivity contribution in [2.45, 2.75) is 40.2 Å². The molecule has 0 amide bonds. The van der Waals surface area contributed by atoms with Gasteiger partial charge in [-0.1, -0.05) is 19.4 Å². The van der Waals surface area contributed by atoms with E-state index in [-0.39, 0.29) is 36.1 Å². The molecule has 0 atom stereocenters. The highest BCUT2D eigenvalue weighted by atomic mass is 16.5. The summed E-state index contributed by atoms with van der Waals surface area (Å²) in [7, 11) is 0. The molecule has 2 rings (SSSR count). The standard InChI is InChI=1S/C21H24O6/c1-4-6-17-14(7-9-16(13(3)22)20(17)24)12-27-15-8-10-18(19(23)11-15)21(25)26-5-2/h7-11,23-24H,4-6,12H2,1-3H3. The summed E-state index contributed by atoms with van der Waals surface area (Å²) in [6.07, 6.45) is 1.41. The van der Waals surface area contributed by atoms with Crippen molar-refractivity contribution in [2.24, 2.45) is 0 Å². The summed E-state index contributed by atoms with van der Waals surface area (Å²) in [5.74, 6) is -0.660. The van der Waals surface area contributed by atoms with Gasteiger partial charge >= 0.3 is 5.97 Å². The number of hydrogen-bond donors (Lipinski definition) is 2. The zero-order valence-electron chi connectivity index (χ0n) is 15.7. The second-order valence-electron chi connectivity index (χ2n) is 6.09. The normalized spacial score (nSPS) is 10.5. The van der Waals surface area contributed by atoms with Crippen molar-refractivity contribution in [2.75, 3.05) is 6.61 Å². The molecule has 0 saturated carbocycles. The molecule has 0 heterocycles. The number of carbonyl (C=O) groups excluding carboxylic acids is 2. The molecule has 0 saturated heterocycles. The molecule has 27 heavy (non-hydrogen) atoms. The van der Waals surface area contributed by atoms with Crippen LogP contribution in [0, 0.1) is 0 Å². The highest BCUT2D eigenvalue weighted by Crippen LogP contribution is 2.30. The largest absolute Gasteiger partial charge is 0.507 e. The average Bonchev–Trinajstić information content (AvgIpc) is 2.62. The van der Waals surface area contributed by atoms with Gasteiger partial charge in [-0.15, -0.1) is 0 Å². The fourth-order valence-corrected chi connectivity index (χ4v) is 2.77. The quantitative estimate of drug-likeness (QED) is 0.537. The van der Waals surface area contributed by atoms with Crippen LogP contribution in [0.25, 0.3) is 0 Å². The third-order valence-corrected chi connectivity index (χ3v) is 4.12. The molecule has 0 aromatic heterocycles. The average molecular weight is 372 g/mol. The molecule has 0 radical (unpaired) electrons. The summed E-state index contributed by atoms with van der Waals surface area (Å²) in [4.78, 5) is 23.3. The SMILES string of the molecule is CCCc1c(COc2ccc(C(=O)OCC)c(O)c2)ccc(C(C)=O)c1O. The summed E-state index contributed by atoms with van der Waals surface area (Å²) >= 11 is 0. The van der Waals surface area contributed by atoms with Gasteiger partial charge in [-0.3, -0.25) is 4.79 Å². The van der Waals surface area contributed by atoms with E-state index in [4.69, 9.17) is 9.47 Å². The summed E-state index contributed by atoms with van der Waals surface area (Å²) in [5, 5.41) is 20.4. The number of phenols is 2. The number of phenolic OH excluding ortho intramolecular Hbond substituents is 2. The van der Waals surface area contributed by atoms with Crippen molar-refractivity contribution < 1.29 is 29.3 Å². The van der Waals surface area contributed by atoms with Crippen LogP contribution in [0.4, 0.5) is 0 Å². The minimum atomic E-state index is -0.600. The van der Waals surface area contributed by atoms with E-state index in [1.54, 1.807) is 25.1 Å². The molecule has 0 bridgehead atoms. The fraction of sp³-hybridized carbons (Fsp3) is 0.333. The molecule has 0 fully saturated rings. The van der Waals surface area contributed by atoms with Gasteiger partial charge in [0.2, 0.25) is 0 Å². The Bertz CT molecular complexity index is 841. The first-order valence-corrected chi connectivity index (χ1v) is 8.86. The summed E-state index contributed by atoms with van der Waals surface area (Å²) in [6, 6.07) is 7.68. The lowest BCUT2D eigenvalue weighted by molar-refractivity contribution is 0.0523. The van der Waals surface area contributed by atoms with Crippen LogP contribution < -0.4 is 4.74 Å². The summed E-state index contributed by atoms with van der Waals surface area (Å²) < 4.78 is 10.6. The molecule has 144 valence electrons. The lowest BCUT2D eigenvalue weighted by atomic mass is 9.97. The molecule has 0 aliphatic carbocycles. The monoisotopic (exact) mass is 372 g/mol. The van der Waals surface area contributed by atoms with Crippen LogP contribution in [0.15, 0.2) is 30.3 Å². The van der Waals surface area contributed by atoms with Crippen molar-refractivity contribution in [3.63, 3.8) is 0 Å². The first-order valence-electron chi connectivity index (χ1n) is 8.86. The van der Waals surface area contributed by atoms with Crippen molar-refractivity contribution in [3.05, 3.63) is 52.6 Å². The van der Waals surface area contributed by atoms with Gasteiger partial charge in [0, 0.05) is 11.6 Å². The number of hydrogen-bond acceptors (Lipinski definition) is 6.